The molecule has 2 unspecified atom stereocenters. The van der Waals surface area contributed by atoms with Gasteiger partial charge in [-0.2, -0.15) is 0 Å². The van der Waals surface area contributed by atoms with E-state index in [1.54, 1.807) is 11.3 Å². The molecule has 0 aliphatic heterocycles. The summed E-state index contributed by atoms with van der Waals surface area (Å²) >= 11 is 5.10. The number of hydrogen-bond acceptors (Lipinski definition) is 2. The molecule has 2 atom stereocenters. The second-order valence-corrected chi connectivity index (χ2v) is 6.75. The van der Waals surface area contributed by atoms with Crippen molar-refractivity contribution in [3.05, 3.63) is 20.8 Å². The fourth-order valence-corrected chi connectivity index (χ4v) is 3.95. The predicted molar refractivity (Wildman–Crippen MR) is 71.9 cm³/mol. The van der Waals surface area contributed by atoms with Gasteiger partial charge in [-0.05, 0) is 40.8 Å². The number of Topliss-reactive ketones (excluding diaryl/α,β-unsaturated/α-hetero) is 1. The summed E-state index contributed by atoms with van der Waals surface area (Å²) in [7, 11) is 0. The quantitative estimate of drug-likeness (QED) is 0.806. The van der Waals surface area contributed by atoms with E-state index in [1.165, 1.54) is 17.7 Å². The summed E-state index contributed by atoms with van der Waals surface area (Å²) in [6.45, 7) is 2.27. The standard InChI is InChI=1S/C13H17BrOS/c1-9-3-2-4-10(5-9)13(15)7-12-6-11(14)8-16-12/h6,8-10H,2-5,7H2,1H3. The molecule has 0 N–H and O–H groups in total. The van der Waals surface area contributed by atoms with Gasteiger partial charge >= 0.3 is 0 Å². The third kappa shape index (κ3) is 3.17. The van der Waals surface area contributed by atoms with Gasteiger partial charge in [0.2, 0.25) is 0 Å². The first-order chi connectivity index (χ1) is 7.65. The van der Waals surface area contributed by atoms with E-state index in [2.05, 4.69) is 28.9 Å². The van der Waals surface area contributed by atoms with Gasteiger partial charge in [0.1, 0.15) is 5.78 Å². The van der Waals surface area contributed by atoms with E-state index in [0.717, 1.165) is 23.2 Å². The van der Waals surface area contributed by atoms with Crippen molar-refractivity contribution in [1.82, 2.24) is 0 Å². The highest BCUT2D eigenvalue weighted by atomic mass is 79.9. The Kier molecular flexibility index (Phi) is 4.20. The molecule has 1 saturated carbocycles. The average molecular weight is 301 g/mol. The molecule has 3 heteroatoms. The lowest BCUT2D eigenvalue weighted by Crippen LogP contribution is -2.22. The summed E-state index contributed by atoms with van der Waals surface area (Å²) in [6.07, 6.45) is 5.37. The Bertz CT molecular complexity index is 372. The maximum Gasteiger partial charge on any atom is 0.141 e. The molecule has 1 aliphatic rings. The Morgan fingerprint density at radius 1 is 1.56 bits per heavy atom. The summed E-state index contributed by atoms with van der Waals surface area (Å²) in [5, 5.41) is 2.05. The van der Waals surface area contributed by atoms with Crippen LogP contribution in [0.1, 0.15) is 37.5 Å². The van der Waals surface area contributed by atoms with Gasteiger partial charge in [-0.3, -0.25) is 4.79 Å². The topological polar surface area (TPSA) is 17.1 Å². The number of rotatable bonds is 3. The first-order valence-corrected chi connectivity index (χ1v) is 7.58. The smallest absolute Gasteiger partial charge is 0.141 e. The molecule has 1 heterocycles. The van der Waals surface area contributed by atoms with E-state index >= 15 is 0 Å². The number of carbonyl (C=O) groups excluding carboxylic acids is 1. The Morgan fingerprint density at radius 2 is 2.38 bits per heavy atom. The van der Waals surface area contributed by atoms with Gasteiger partial charge in [0.25, 0.3) is 0 Å². The Balaban J connectivity index is 1.92. The molecule has 1 aliphatic carbocycles. The van der Waals surface area contributed by atoms with Gasteiger partial charge in [0.15, 0.2) is 0 Å². The Morgan fingerprint density at radius 3 is 3.00 bits per heavy atom. The van der Waals surface area contributed by atoms with Crippen molar-refractivity contribution >= 4 is 33.0 Å². The van der Waals surface area contributed by atoms with Crippen LogP contribution < -0.4 is 0 Å². The third-order valence-corrected chi connectivity index (χ3v) is 5.06. The Labute approximate surface area is 109 Å². The minimum atomic E-state index is 0.324. The maximum absolute atomic E-state index is 12.1. The van der Waals surface area contributed by atoms with E-state index < -0.39 is 0 Å². The van der Waals surface area contributed by atoms with E-state index in [9.17, 15) is 4.79 Å². The molecule has 88 valence electrons. The second-order valence-electron chi connectivity index (χ2n) is 4.84. The fraction of sp³-hybridized carbons (Fsp3) is 0.615. The zero-order valence-corrected chi connectivity index (χ0v) is 11.9. The van der Waals surface area contributed by atoms with Crippen LogP contribution in [0.2, 0.25) is 0 Å². The van der Waals surface area contributed by atoms with Crippen LogP contribution in [0.15, 0.2) is 15.9 Å². The van der Waals surface area contributed by atoms with Crippen LogP contribution in [-0.2, 0) is 11.2 Å². The molecule has 16 heavy (non-hydrogen) atoms. The molecule has 1 aromatic rings. The lowest BCUT2D eigenvalue weighted by Gasteiger charge is -2.25. The molecule has 2 rings (SSSR count). The predicted octanol–water partition coefficient (Wildman–Crippen LogP) is 4.45. The van der Waals surface area contributed by atoms with E-state index in [1.807, 2.05) is 5.38 Å². The van der Waals surface area contributed by atoms with Crippen molar-refractivity contribution < 1.29 is 4.79 Å². The van der Waals surface area contributed by atoms with Gasteiger partial charge in [0.05, 0.1) is 0 Å². The summed E-state index contributed by atoms with van der Waals surface area (Å²) in [4.78, 5) is 13.3. The second kappa shape index (κ2) is 5.46. The van der Waals surface area contributed by atoms with E-state index in [4.69, 9.17) is 0 Å². The summed E-state index contributed by atoms with van der Waals surface area (Å²) in [6, 6.07) is 2.06. The van der Waals surface area contributed by atoms with Crippen molar-refractivity contribution in [3.63, 3.8) is 0 Å². The van der Waals surface area contributed by atoms with Gasteiger partial charge in [-0.25, -0.2) is 0 Å². The third-order valence-electron chi connectivity index (χ3n) is 3.36. The number of halogens is 1. The summed E-state index contributed by atoms with van der Waals surface area (Å²) < 4.78 is 1.09. The average Bonchev–Trinajstić information content (AvgIpc) is 2.64. The van der Waals surface area contributed by atoms with Crippen molar-refractivity contribution in [2.75, 3.05) is 0 Å². The largest absolute Gasteiger partial charge is 0.299 e. The van der Waals surface area contributed by atoms with Crippen LogP contribution in [0.25, 0.3) is 0 Å². The van der Waals surface area contributed by atoms with Gasteiger partial charge in [-0.15, -0.1) is 11.3 Å². The fourth-order valence-electron chi connectivity index (χ4n) is 2.49. The summed E-state index contributed by atoms with van der Waals surface area (Å²) in [5.74, 6) is 1.50. The van der Waals surface area contributed by atoms with Crippen molar-refractivity contribution in [2.45, 2.75) is 39.0 Å². The molecule has 0 aromatic carbocycles. The number of thiophene rings is 1. The van der Waals surface area contributed by atoms with E-state index in [0.29, 0.717) is 18.1 Å². The number of hydrogen-bond donors (Lipinski definition) is 0. The molecule has 0 spiro atoms. The molecule has 0 radical (unpaired) electrons. The lowest BCUT2D eigenvalue weighted by atomic mass is 9.79. The van der Waals surface area contributed by atoms with Crippen molar-refractivity contribution in [2.24, 2.45) is 11.8 Å². The van der Waals surface area contributed by atoms with Crippen LogP contribution in [0.5, 0.6) is 0 Å². The number of carbonyl (C=O) groups is 1. The van der Waals surface area contributed by atoms with Crippen LogP contribution in [0.4, 0.5) is 0 Å². The normalized spacial score (nSPS) is 25.6. The zero-order chi connectivity index (χ0) is 11.5. The van der Waals surface area contributed by atoms with Crippen LogP contribution in [-0.4, -0.2) is 5.78 Å². The van der Waals surface area contributed by atoms with Crippen LogP contribution >= 0.6 is 27.3 Å². The SMILES string of the molecule is CC1CCCC(C(=O)Cc2cc(Br)cs2)C1. The Hall–Kier alpha value is -0.150. The highest BCUT2D eigenvalue weighted by Gasteiger charge is 2.24. The number of ketones is 1. The minimum absolute atomic E-state index is 0.324. The molecule has 0 bridgehead atoms. The highest BCUT2D eigenvalue weighted by molar-refractivity contribution is 9.10. The van der Waals surface area contributed by atoms with Crippen molar-refractivity contribution in [3.8, 4) is 0 Å². The maximum atomic E-state index is 12.1. The highest BCUT2D eigenvalue weighted by Crippen LogP contribution is 2.30. The first-order valence-electron chi connectivity index (χ1n) is 5.91. The summed E-state index contributed by atoms with van der Waals surface area (Å²) in [5.41, 5.74) is 0. The van der Waals surface area contributed by atoms with Crippen molar-refractivity contribution in [1.29, 1.82) is 0 Å². The van der Waals surface area contributed by atoms with E-state index in [-0.39, 0.29) is 0 Å². The molecular weight excluding hydrogens is 284 g/mol. The lowest BCUT2D eigenvalue weighted by molar-refractivity contribution is -0.123. The van der Waals surface area contributed by atoms with Crippen LogP contribution in [0, 0.1) is 11.8 Å². The monoisotopic (exact) mass is 300 g/mol. The molecule has 1 aromatic heterocycles. The minimum Gasteiger partial charge on any atom is -0.299 e. The van der Waals surface area contributed by atoms with Gasteiger partial charge in [-0.1, -0.05) is 19.8 Å². The van der Waals surface area contributed by atoms with Gasteiger partial charge in [0, 0.05) is 27.1 Å². The molecular formula is C13H17BrOS. The first kappa shape index (κ1) is 12.3. The zero-order valence-electron chi connectivity index (χ0n) is 9.54. The molecule has 0 saturated heterocycles. The van der Waals surface area contributed by atoms with Gasteiger partial charge < -0.3 is 0 Å². The molecule has 1 nitrogen and oxygen atoms in total. The molecule has 0 amide bonds. The van der Waals surface area contributed by atoms with Crippen LogP contribution in [0.3, 0.4) is 0 Å². The molecule has 1 fully saturated rings.